The summed E-state index contributed by atoms with van der Waals surface area (Å²) in [7, 11) is 0. The van der Waals surface area contributed by atoms with E-state index in [-0.39, 0.29) is 18.4 Å². The average Bonchev–Trinajstić information content (AvgIpc) is 2.75. The van der Waals surface area contributed by atoms with Crippen LogP contribution in [-0.4, -0.2) is 62.2 Å². The molecule has 0 bridgehead atoms. The second-order valence-electron chi connectivity index (χ2n) is 6.92. The molecule has 0 aliphatic carbocycles. The van der Waals surface area contributed by atoms with Crippen LogP contribution >= 0.6 is 15.9 Å². The second kappa shape index (κ2) is 8.84. The Morgan fingerprint density at radius 2 is 1.79 bits per heavy atom. The number of carbonyl (C=O) groups is 2. The molecule has 0 aromatic heterocycles. The van der Waals surface area contributed by atoms with E-state index in [0.29, 0.717) is 44.3 Å². The van der Waals surface area contributed by atoms with Gasteiger partial charge in [0.15, 0.2) is 6.10 Å². The summed E-state index contributed by atoms with van der Waals surface area (Å²) in [5, 5.41) is 2.92. The lowest BCUT2D eigenvalue weighted by Crippen LogP contribution is -2.53. The van der Waals surface area contributed by atoms with Gasteiger partial charge in [-0.15, -0.1) is 0 Å². The summed E-state index contributed by atoms with van der Waals surface area (Å²) < 4.78 is 12.1. The zero-order valence-electron chi connectivity index (χ0n) is 15.8. The van der Waals surface area contributed by atoms with Crippen LogP contribution in [0, 0.1) is 0 Å². The van der Waals surface area contributed by atoms with Crippen molar-refractivity contribution in [1.29, 1.82) is 0 Å². The predicted molar refractivity (Wildman–Crippen MR) is 113 cm³/mol. The topological polar surface area (TPSA) is 71.1 Å². The molecule has 2 aliphatic heterocycles. The maximum Gasteiger partial charge on any atom is 0.265 e. The Hall–Kier alpha value is -2.58. The maximum absolute atomic E-state index is 12.9. The molecule has 0 spiro atoms. The highest BCUT2D eigenvalue weighted by Gasteiger charge is 2.34. The largest absolute Gasteiger partial charge is 0.477 e. The molecule has 2 amide bonds. The van der Waals surface area contributed by atoms with Crippen LogP contribution in [-0.2, 0) is 14.3 Å². The van der Waals surface area contributed by atoms with Gasteiger partial charge in [-0.3, -0.25) is 9.59 Å². The first-order valence-electron chi connectivity index (χ1n) is 9.53. The number of benzene rings is 2. The molecule has 152 valence electrons. The van der Waals surface area contributed by atoms with Crippen LogP contribution in [0.3, 0.4) is 0 Å². The molecule has 1 N–H and O–H groups in total. The van der Waals surface area contributed by atoms with Gasteiger partial charge in [0.05, 0.1) is 37.7 Å². The summed E-state index contributed by atoms with van der Waals surface area (Å²) in [6.07, 6.45) is -0.653. The Kier molecular flexibility index (Phi) is 6.01. The molecule has 1 saturated heterocycles. The molecule has 2 aromatic rings. The highest BCUT2D eigenvalue weighted by atomic mass is 79.9. The number of fused-ring (bicyclic) bond motifs is 1. The number of hydrogen-bond donors (Lipinski definition) is 1. The molecule has 4 rings (SSSR count). The number of amides is 2. The number of para-hydroxylation sites is 3. The number of anilines is 2. The number of hydrogen-bond acceptors (Lipinski definition) is 5. The van der Waals surface area contributed by atoms with Gasteiger partial charge in [-0.1, -0.05) is 24.3 Å². The van der Waals surface area contributed by atoms with E-state index in [1.165, 1.54) is 0 Å². The molecule has 2 heterocycles. The Morgan fingerprint density at radius 1 is 1.07 bits per heavy atom. The maximum atomic E-state index is 12.9. The van der Waals surface area contributed by atoms with Crippen molar-refractivity contribution in [3.8, 4) is 5.75 Å². The van der Waals surface area contributed by atoms with E-state index in [1.807, 2.05) is 53.4 Å². The minimum absolute atomic E-state index is 0.0704. The van der Waals surface area contributed by atoms with Crippen LogP contribution in [0.4, 0.5) is 11.4 Å². The number of nitrogens with one attached hydrogen (secondary N) is 1. The zero-order chi connectivity index (χ0) is 20.2. The van der Waals surface area contributed by atoms with Crippen molar-refractivity contribution in [3.05, 3.63) is 53.0 Å². The van der Waals surface area contributed by atoms with Gasteiger partial charge in [-0.05, 0) is 40.2 Å². The van der Waals surface area contributed by atoms with Crippen molar-refractivity contribution in [2.45, 2.75) is 6.10 Å². The molecule has 0 radical (unpaired) electrons. The van der Waals surface area contributed by atoms with E-state index >= 15 is 0 Å². The first-order valence-corrected chi connectivity index (χ1v) is 10.3. The van der Waals surface area contributed by atoms with Crippen molar-refractivity contribution in [3.63, 3.8) is 0 Å². The third kappa shape index (κ3) is 4.54. The first-order chi connectivity index (χ1) is 14.1. The standard InChI is InChI=1S/C21H22BrN3O4/c22-15-5-1-2-6-16(15)23-20(26)14-25-13-19(21(27)24-9-11-28-12-10-24)29-18-8-4-3-7-17(18)25/h1-8,19H,9-14H2,(H,23,26). The van der Waals surface area contributed by atoms with Gasteiger partial charge in [0.25, 0.3) is 5.91 Å². The highest BCUT2D eigenvalue weighted by Crippen LogP contribution is 2.33. The van der Waals surface area contributed by atoms with E-state index < -0.39 is 6.10 Å². The van der Waals surface area contributed by atoms with Crippen molar-refractivity contribution in [2.75, 3.05) is 49.6 Å². The van der Waals surface area contributed by atoms with E-state index in [4.69, 9.17) is 9.47 Å². The molecule has 1 fully saturated rings. The molecule has 1 unspecified atom stereocenters. The van der Waals surface area contributed by atoms with Crippen LogP contribution in [0.5, 0.6) is 5.75 Å². The quantitative estimate of drug-likeness (QED) is 0.760. The van der Waals surface area contributed by atoms with Crippen LogP contribution < -0.4 is 15.0 Å². The van der Waals surface area contributed by atoms with Gasteiger partial charge >= 0.3 is 0 Å². The zero-order valence-corrected chi connectivity index (χ0v) is 17.4. The molecule has 0 saturated carbocycles. The summed E-state index contributed by atoms with van der Waals surface area (Å²) in [6.45, 7) is 2.62. The van der Waals surface area contributed by atoms with Crippen molar-refractivity contribution < 1.29 is 19.1 Å². The summed E-state index contributed by atoms with van der Waals surface area (Å²) in [6, 6.07) is 14.9. The average molecular weight is 460 g/mol. The lowest BCUT2D eigenvalue weighted by molar-refractivity contribution is -0.142. The normalized spacial score (nSPS) is 18.6. The summed E-state index contributed by atoms with van der Waals surface area (Å²) >= 11 is 3.44. The number of ether oxygens (including phenoxy) is 2. The van der Waals surface area contributed by atoms with Gasteiger partial charge in [-0.25, -0.2) is 0 Å². The molecule has 8 heteroatoms. The highest BCUT2D eigenvalue weighted by molar-refractivity contribution is 9.10. The van der Waals surface area contributed by atoms with Crippen LogP contribution in [0.1, 0.15) is 0 Å². The van der Waals surface area contributed by atoms with Gasteiger partial charge < -0.3 is 24.6 Å². The molecule has 29 heavy (non-hydrogen) atoms. The van der Waals surface area contributed by atoms with Crippen molar-refractivity contribution in [2.24, 2.45) is 0 Å². The number of carbonyl (C=O) groups excluding carboxylic acids is 2. The van der Waals surface area contributed by atoms with Crippen LogP contribution in [0.25, 0.3) is 0 Å². The Labute approximate surface area is 177 Å². The van der Waals surface area contributed by atoms with Crippen LogP contribution in [0.15, 0.2) is 53.0 Å². The summed E-state index contributed by atoms with van der Waals surface area (Å²) in [5.41, 5.74) is 1.51. The predicted octanol–water partition coefficient (Wildman–Crippen LogP) is 2.51. The van der Waals surface area contributed by atoms with Crippen molar-refractivity contribution in [1.82, 2.24) is 4.90 Å². The third-order valence-corrected chi connectivity index (χ3v) is 5.63. The molecule has 2 aliphatic rings. The fourth-order valence-electron chi connectivity index (χ4n) is 3.50. The molecular weight excluding hydrogens is 438 g/mol. The van der Waals surface area contributed by atoms with E-state index in [0.717, 1.165) is 10.2 Å². The lowest BCUT2D eigenvalue weighted by atomic mass is 10.1. The smallest absolute Gasteiger partial charge is 0.265 e. The summed E-state index contributed by atoms with van der Waals surface area (Å²) in [4.78, 5) is 29.3. The van der Waals surface area contributed by atoms with Gasteiger partial charge in [0.1, 0.15) is 5.75 Å². The number of nitrogens with zero attached hydrogens (tertiary/aromatic N) is 2. The Bertz CT molecular complexity index is 901. The lowest BCUT2D eigenvalue weighted by Gasteiger charge is -2.38. The van der Waals surface area contributed by atoms with E-state index in [9.17, 15) is 9.59 Å². The Morgan fingerprint density at radius 3 is 2.59 bits per heavy atom. The molecule has 1 atom stereocenters. The monoisotopic (exact) mass is 459 g/mol. The first kappa shape index (κ1) is 19.7. The molecule has 2 aromatic carbocycles. The SMILES string of the molecule is O=C(CN1CC(C(=O)N2CCOCC2)Oc2ccccc21)Nc1ccccc1Br. The van der Waals surface area contributed by atoms with Gasteiger partial charge in [0.2, 0.25) is 5.91 Å². The van der Waals surface area contributed by atoms with Crippen LogP contribution in [0.2, 0.25) is 0 Å². The molecule has 7 nitrogen and oxygen atoms in total. The fraction of sp³-hybridized carbons (Fsp3) is 0.333. The van der Waals surface area contributed by atoms with E-state index in [2.05, 4.69) is 21.2 Å². The number of halogens is 1. The number of rotatable bonds is 4. The minimum atomic E-state index is -0.653. The Balaban J connectivity index is 1.49. The van der Waals surface area contributed by atoms with E-state index in [1.54, 1.807) is 4.90 Å². The number of morpholine rings is 1. The van der Waals surface area contributed by atoms with Crippen molar-refractivity contribution >= 4 is 39.1 Å². The molecular formula is C21H22BrN3O4. The van der Waals surface area contributed by atoms with Gasteiger partial charge in [-0.2, -0.15) is 0 Å². The summed E-state index contributed by atoms with van der Waals surface area (Å²) in [5.74, 6) is 0.379. The fourth-order valence-corrected chi connectivity index (χ4v) is 3.88. The second-order valence-corrected chi connectivity index (χ2v) is 7.77. The van der Waals surface area contributed by atoms with Gasteiger partial charge in [0, 0.05) is 17.6 Å². The minimum Gasteiger partial charge on any atom is -0.477 e. The third-order valence-electron chi connectivity index (χ3n) is 4.94.